The van der Waals surface area contributed by atoms with Crippen molar-refractivity contribution >= 4 is 28.9 Å². The molecule has 0 aliphatic heterocycles. The molecule has 0 saturated heterocycles. The maximum atomic E-state index is 12.9. The van der Waals surface area contributed by atoms with Crippen molar-refractivity contribution in [2.45, 2.75) is 32.2 Å². The van der Waals surface area contributed by atoms with Gasteiger partial charge in [0.15, 0.2) is 5.65 Å². The number of carbonyl (C=O) groups excluding carboxylic acids is 1. The highest BCUT2D eigenvalue weighted by Crippen LogP contribution is 2.27. The minimum atomic E-state index is -0.187. The normalized spacial score (nSPS) is 11.9. The minimum Gasteiger partial charge on any atom is -0.480 e. The highest BCUT2D eigenvalue weighted by molar-refractivity contribution is 6.00. The predicted molar refractivity (Wildman–Crippen MR) is 117 cm³/mol. The molecule has 0 bridgehead atoms. The molecule has 0 spiro atoms. The maximum absolute atomic E-state index is 12.9. The number of rotatable bonds is 10. The average Bonchev–Trinajstić information content (AvgIpc) is 3.20. The number of fused-ring (bicyclic) bond motifs is 1. The zero-order valence-corrected chi connectivity index (χ0v) is 17.5. The highest BCUT2D eigenvalue weighted by atomic mass is 16.5. The first-order valence-corrected chi connectivity index (χ1v) is 9.98. The molecule has 0 aromatic carbocycles. The summed E-state index contributed by atoms with van der Waals surface area (Å²) >= 11 is 0. The molecule has 3 aromatic heterocycles. The summed E-state index contributed by atoms with van der Waals surface area (Å²) in [5, 5.41) is 18.5. The van der Waals surface area contributed by atoms with Crippen molar-refractivity contribution in [3.05, 3.63) is 42.2 Å². The molecule has 160 valence electrons. The van der Waals surface area contributed by atoms with Crippen LogP contribution in [0.4, 0.5) is 17.3 Å². The van der Waals surface area contributed by atoms with Gasteiger partial charge in [0.1, 0.15) is 17.3 Å². The number of anilines is 3. The number of nitrogens with zero attached hydrogens (tertiary/aromatic N) is 3. The van der Waals surface area contributed by atoms with E-state index in [-0.39, 0.29) is 18.6 Å². The Morgan fingerprint density at radius 2 is 2.20 bits per heavy atom. The number of pyridine rings is 1. The van der Waals surface area contributed by atoms with E-state index in [1.54, 1.807) is 25.4 Å². The molecule has 0 saturated carbocycles. The predicted octanol–water partition coefficient (Wildman–Crippen LogP) is 2.80. The molecule has 3 aromatic rings. The van der Waals surface area contributed by atoms with Crippen LogP contribution < -0.4 is 20.7 Å². The Morgan fingerprint density at radius 1 is 1.37 bits per heavy atom. The third-order valence-electron chi connectivity index (χ3n) is 4.89. The summed E-state index contributed by atoms with van der Waals surface area (Å²) in [7, 11) is 3.37. The second kappa shape index (κ2) is 9.93. The van der Waals surface area contributed by atoms with Crippen LogP contribution >= 0.6 is 0 Å². The van der Waals surface area contributed by atoms with Crippen LogP contribution in [0, 0.1) is 0 Å². The van der Waals surface area contributed by atoms with Gasteiger partial charge in [-0.3, -0.25) is 9.20 Å². The fourth-order valence-electron chi connectivity index (χ4n) is 3.28. The number of aromatic nitrogens is 3. The number of ether oxygens (including phenoxy) is 1. The number of amides is 1. The number of hydrogen-bond donors (Lipinski definition) is 4. The Morgan fingerprint density at radius 3 is 2.90 bits per heavy atom. The Hall–Kier alpha value is -3.33. The van der Waals surface area contributed by atoms with E-state index in [1.165, 1.54) is 0 Å². The number of methoxy groups -OCH3 is 1. The number of nitrogens with one attached hydrogen (secondary N) is 3. The van der Waals surface area contributed by atoms with E-state index in [0.29, 0.717) is 35.0 Å². The van der Waals surface area contributed by atoms with Crippen molar-refractivity contribution in [3.8, 4) is 5.88 Å². The lowest BCUT2D eigenvalue weighted by Crippen LogP contribution is -2.34. The zero-order chi connectivity index (χ0) is 21.5. The number of aliphatic hydroxyl groups excluding tert-OH is 1. The third kappa shape index (κ3) is 4.62. The molecule has 0 radical (unpaired) electrons. The lowest BCUT2D eigenvalue weighted by molar-refractivity contribution is 0.0933. The summed E-state index contributed by atoms with van der Waals surface area (Å²) in [6, 6.07) is 7.25. The Bertz CT molecular complexity index is 1000. The van der Waals surface area contributed by atoms with Crippen LogP contribution in [0.1, 0.15) is 36.5 Å². The van der Waals surface area contributed by atoms with E-state index in [9.17, 15) is 4.79 Å². The van der Waals surface area contributed by atoms with Crippen molar-refractivity contribution < 1.29 is 14.6 Å². The van der Waals surface area contributed by atoms with Crippen LogP contribution in [0.2, 0.25) is 0 Å². The number of hydrogen-bond acceptors (Lipinski definition) is 7. The fraction of sp³-hybridized carbons (Fsp3) is 0.381. The molecule has 3 rings (SSSR count). The molecule has 1 unspecified atom stereocenters. The molecule has 0 fully saturated rings. The van der Waals surface area contributed by atoms with Crippen LogP contribution in [0.25, 0.3) is 5.65 Å². The topological polar surface area (TPSA) is 113 Å². The van der Waals surface area contributed by atoms with Gasteiger partial charge in [-0.05, 0) is 37.5 Å². The largest absolute Gasteiger partial charge is 0.480 e. The van der Waals surface area contributed by atoms with E-state index in [4.69, 9.17) is 9.84 Å². The molecule has 9 nitrogen and oxygen atoms in total. The van der Waals surface area contributed by atoms with Crippen molar-refractivity contribution in [2.75, 3.05) is 31.4 Å². The smallest absolute Gasteiger partial charge is 0.255 e. The van der Waals surface area contributed by atoms with Crippen LogP contribution in [0.5, 0.6) is 5.88 Å². The fourth-order valence-corrected chi connectivity index (χ4v) is 3.28. The zero-order valence-electron chi connectivity index (χ0n) is 17.5. The third-order valence-corrected chi connectivity index (χ3v) is 4.89. The van der Waals surface area contributed by atoms with Crippen molar-refractivity contribution in [1.82, 2.24) is 19.7 Å². The van der Waals surface area contributed by atoms with Gasteiger partial charge in [-0.25, -0.2) is 9.97 Å². The SMILES string of the molecule is CCC(CCCO)NC(=O)c1ccn2c(NC)cc(Nc3cccnc3OC)nc12. The number of carbonyl (C=O) groups is 1. The van der Waals surface area contributed by atoms with Gasteiger partial charge in [0.2, 0.25) is 5.88 Å². The molecule has 1 atom stereocenters. The van der Waals surface area contributed by atoms with Gasteiger partial charge < -0.3 is 25.8 Å². The Balaban J connectivity index is 1.93. The summed E-state index contributed by atoms with van der Waals surface area (Å²) in [5.41, 5.74) is 1.68. The van der Waals surface area contributed by atoms with Gasteiger partial charge in [-0.2, -0.15) is 0 Å². The van der Waals surface area contributed by atoms with Gasteiger partial charge in [0, 0.05) is 38.2 Å². The second-order valence-electron chi connectivity index (χ2n) is 6.83. The summed E-state index contributed by atoms with van der Waals surface area (Å²) in [6.07, 6.45) is 5.63. The van der Waals surface area contributed by atoms with E-state index in [0.717, 1.165) is 18.7 Å². The first kappa shape index (κ1) is 21.4. The van der Waals surface area contributed by atoms with Crippen LogP contribution in [0.3, 0.4) is 0 Å². The summed E-state index contributed by atoms with van der Waals surface area (Å²) in [6.45, 7) is 2.13. The molecule has 1 amide bonds. The van der Waals surface area contributed by atoms with Gasteiger partial charge in [-0.1, -0.05) is 6.92 Å². The summed E-state index contributed by atoms with van der Waals surface area (Å²) in [4.78, 5) is 21.8. The van der Waals surface area contributed by atoms with Crippen LogP contribution in [0.15, 0.2) is 36.7 Å². The molecular formula is C21H28N6O3. The molecule has 0 aliphatic rings. The van der Waals surface area contributed by atoms with Gasteiger partial charge in [0.25, 0.3) is 5.91 Å². The van der Waals surface area contributed by atoms with Gasteiger partial charge in [-0.15, -0.1) is 0 Å². The lowest BCUT2D eigenvalue weighted by atomic mass is 10.1. The van der Waals surface area contributed by atoms with Crippen molar-refractivity contribution in [1.29, 1.82) is 0 Å². The van der Waals surface area contributed by atoms with Crippen molar-refractivity contribution in [2.24, 2.45) is 0 Å². The van der Waals surface area contributed by atoms with E-state index in [1.807, 2.05) is 36.7 Å². The maximum Gasteiger partial charge on any atom is 0.255 e. The molecule has 0 aliphatic carbocycles. The van der Waals surface area contributed by atoms with Gasteiger partial charge in [0.05, 0.1) is 12.7 Å². The summed E-state index contributed by atoms with van der Waals surface area (Å²) in [5.74, 6) is 1.59. The molecule has 4 N–H and O–H groups in total. The Labute approximate surface area is 175 Å². The molecule has 3 heterocycles. The second-order valence-corrected chi connectivity index (χ2v) is 6.83. The standard InChI is InChI=1S/C21H28N6O3/c1-4-14(7-6-12-28)24-20(29)15-9-11-27-18(22-2)13-17(26-19(15)27)25-16-8-5-10-23-21(16)30-3/h5,8-11,13-14,22,28H,4,6-7,12H2,1-3H3,(H,24,29)(H,25,26). The number of aliphatic hydroxyl groups is 1. The molecule has 30 heavy (non-hydrogen) atoms. The summed E-state index contributed by atoms with van der Waals surface area (Å²) < 4.78 is 7.12. The average molecular weight is 412 g/mol. The van der Waals surface area contributed by atoms with Gasteiger partial charge >= 0.3 is 0 Å². The minimum absolute atomic E-state index is 0.00401. The van der Waals surface area contributed by atoms with E-state index in [2.05, 4.69) is 25.9 Å². The van der Waals surface area contributed by atoms with Crippen LogP contribution in [-0.4, -0.2) is 52.2 Å². The molecular weight excluding hydrogens is 384 g/mol. The van der Waals surface area contributed by atoms with Crippen LogP contribution in [-0.2, 0) is 0 Å². The monoisotopic (exact) mass is 412 g/mol. The quantitative estimate of drug-likeness (QED) is 0.405. The van der Waals surface area contributed by atoms with E-state index >= 15 is 0 Å². The Kier molecular flexibility index (Phi) is 7.08. The molecule has 9 heteroatoms. The van der Waals surface area contributed by atoms with Crippen molar-refractivity contribution in [3.63, 3.8) is 0 Å². The highest BCUT2D eigenvalue weighted by Gasteiger charge is 2.18. The lowest BCUT2D eigenvalue weighted by Gasteiger charge is -2.16. The first-order valence-electron chi connectivity index (χ1n) is 9.98. The first-order chi connectivity index (χ1) is 14.6. The van der Waals surface area contributed by atoms with E-state index < -0.39 is 0 Å².